The molecule has 0 aromatic carbocycles. The lowest BCUT2D eigenvalue weighted by Crippen LogP contribution is -2.49. The van der Waals surface area contributed by atoms with Crippen LogP contribution in [0.4, 0.5) is 4.79 Å². The number of amides is 2. The molecule has 1 atom stereocenters. The van der Waals surface area contributed by atoms with Crippen molar-refractivity contribution in [3.8, 4) is 0 Å². The van der Waals surface area contributed by atoms with E-state index in [0.29, 0.717) is 6.54 Å². The molecule has 4 heterocycles. The lowest BCUT2D eigenvalue weighted by molar-refractivity contribution is -0.135. The zero-order chi connectivity index (χ0) is 18.7. The molecular weight excluding hydrogens is 346 g/mol. The van der Waals surface area contributed by atoms with Crippen molar-refractivity contribution in [2.75, 3.05) is 32.7 Å². The van der Waals surface area contributed by atoms with Gasteiger partial charge in [-0.15, -0.1) is 0 Å². The van der Waals surface area contributed by atoms with Crippen LogP contribution < -0.4 is 5.32 Å². The summed E-state index contributed by atoms with van der Waals surface area (Å²) in [6, 6.07) is 2.14. The predicted octanol–water partition coefficient (Wildman–Crippen LogP) is 1.23. The first kappa shape index (κ1) is 18.3. The van der Waals surface area contributed by atoms with Gasteiger partial charge in [-0.25, -0.2) is 4.79 Å². The third-order valence-corrected chi connectivity index (χ3v) is 6.08. The summed E-state index contributed by atoms with van der Waals surface area (Å²) in [5.41, 5.74) is -0.399. The van der Waals surface area contributed by atoms with Gasteiger partial charge in [-0.1, -0.05) is 0 Å². The average Bonchev–Trinajstić information content (AvgIpc) is 3.29. The van der Waals surface area contributed by atoms with Crippen molar-refractivity contribution in [2.24, 2.45) is 0 Å². The highest BCUT2D eigenvalue weighted by molar-refractivity contribution is 5.83. The molecule has 8 heteroatoms. The highest BCUT2D eigenvalue weighted by Gasteiger charge is 2.46. The molecule has 0 bridgehead atoms. The molecule has 2 amide bonds. The van der Waals surface area contributed by atoms with Gasteiger partial charge in [-0.2, -0.15) is 5.10 Å². The highest BCUT2D eigenvalue weighted by atomic mass is 16.6. The van der Waals surface area contributed by atoms with E-state index in [1.807, 2.05) is 21.8 Å². The van der Waals surface area contributed by atoms with Crippen LogP contribution in [0.2, 0.25) is 0 Å². The van der Waals surface area contributed by atoms with Crippen molar-refractivity contribution in [3.05, 3.63) is 18.5 Å². The number of rotatable bonds is 5. The summed E-state index contributed by atoms with van der Waals surface area (Å²) in [5.74, 6) is 0.0445. The minimum absolute atomic E-state index is 0.0445. The Hall–Kier alpha value is -2.09. The van der Waals surface area contributed by atoms with Gasteiger partial charge >= 0.3 is 6.09 Å². The minimum atomic E-state index is -0.399. The van der Waals surface area contributed by atoms with Gasteiger partial charge in [0.25, 0.3) is 0 Å². The molecule has 0 saturated carbocycles. The van der Waals surface area contributed by atoms with Gasteiger partial charge in [0, 0.05) is 44.4 Å². The van der Waals surface area contributed by atoms with Crippen LogP contribution in [0.5, 0.6) is 0 Å². The normalized spacial score (nSPS) is 25.0. The van der Waals surface area contributed by atoms with Crippen LogP contribution in [0.3, 0.4) is 0 Å². The summed E-state index contributed by atoms with van der Waals surface area (Å²) >= 11 is 0. The highest BCUT2D eigenvalue weighted by Crippen LogP contribution is 2.31. The van der Waals surface area contributed by atoms with Crippen LogP contribution in [0.25, 0.3) is 0 Å². The SMILES string of the molecule is O=C1OC2(CCNCC2)CN1CC(=O)N1CCCC[C@H]1CCn1cccn1. The van der Waals surface area contributed by atoms with Gasteiger partial charge in [0.15, 0.2) is 0 Å². The van der Waals surface area contributed by atoms with Crippen LogP contribution in [0, 0.1) is 0 Å². The summed E-state index contributed by atoms with van der Waals surface area (Å²) in [7, 11) is 0. The van der Waals surface area contributed by atoms with Crippen molar-refractivity contribution >= 4 is 12.0 Å². The van der Waals surface area contributed by atoms with E-state index in [9.17, 15) is 9.59 Å². The van der Waals surface area contributed by atoms with Crippen LogP contribution in [0.15, 0.2) is 18.5 Å². The molecule has 3 fully saturated rings. The zero-order valence-corrected chi connectivity index (χ0v) is 15.8. The van der Waals surface area contributed by atoms with Crippen molar-refractivity contribution in [3.63, 3.8) is 0 Å². The summed E-state index contributed by atoms with van der Waals surface area (Å²) in [5, 5.41) is 7.55. The van der Waals surface area contributed by atoms with Crippen LogP contribution in [-0.2, 0) is 16.1 Å². The molecule has 0 aliphatic carbocycles. The average molecular weight is 375 g/mol. The topological polar surface area (TPSA) is 79.7 Å². The van der Waals surface area contributed by atoms with E-state index in [2.05, 4.69) is 10.4 Å². The Labute approximate surface area is 159 Å². The number of nitrogens with zero attached hydrogens (tertiary/aromatic N) is 4. The van der Waals surface area contributed by atoms with E-state index >= 15 is 0 Å². The second-order valence-electron chi connectivity index (χ2n) is 7.95. The molecule has 1 spiro atoms. The Balaban J connectivity index is 1.35. The van der Waals surface area contributed by atoms with Crippen LogP contribution in [0.1, 0.15) is 38.5 Å². The summed E-state index contributed by atoms with van der Waals surface area (Å²) in [6.45, 7) is 3.97. The molecule has 0 unspecified atom stereocenters. The summed E-state index contributed by atoms with van der Waals surface area (Å²) < 4.78 is 7.59. The lowest BCUT2D eigenvalue weighted by Gasteiger charge is -2.36. The summed E-state index contributed by atoms with van der Waals surface area (Å²) in [4.78, 5) is 28.9. The molecule has 3 aliphatic rings. The van der Waals surface area contributed by atoms with Crippen molar-refractivity contribution < 1.29 is 14.3 Å². The molecule has 4 rings (SSSR count). The molecule has 3 saturated heterocycles. The molecule has 1 aromatic heterocycles. The molecule has 1 aromatic rings. The molecule has 8 nitrogen and oxygen atoms in total. The fourth-order valence-corrected chi connectivity index (χ4v) is 4.55. The molecule has 27 heavy (non-hydrogen) atoms. The number of ether oxygens (including phenoxy) is 1. The first-order chi connectivity index (χ1) is 13.2. The molecule has 3 aliphatic heterocycles. The standard InChI is InChI=1S/C19H29N5O3/c25-17(14-22-15-19(27-18(22)26)6-9-20-10-7-19)24-12-2-1-4-16(24)5-13-23-11-3-8-21-23/h3,8,11,16,20H,1-2,4-7,9-10,12-15H2/t16-/m0/s1. The van der Waals surface area contributed by atoms with Gasteiger partial charge in [-0.05, 0) is 44.8 Å². The number of hydrogen-bond acceptors (Lipinski definition) is 5. The van der Waals surface area contributed by atoms with E-state index in [1.165, 1.54) is 0 Å². The first-order valence-electron chi connectivity index (χ1n) is 10.1. The summed E-state index contributed by atoms with van der Waals surface area (Å²) in [6.07, 6.45) is 9.13. The number of aromatic nitrogens is 2. The maximum absolute atomic E-state index is 13.0. The number of likely N-dealkylation sites (tertiary alicyclic amines) is 1. The fraction of sp³-hybridized carbons (Fsp3) is 0.737. The monoisotopic (exact) mass is 375 g/mol. The second kappa shape index (κ2) is 7.88. The minimum Gasteiger partial charge on any atom is -0.441 e. The van der Waals surface area contributed by atoms with E-state index in [4.69, 9.17) is 4.74 Å². The van der Waals surface area contributed by atoms with Crippen LogP contribution in [-0.4, -0.2) is 75.9 Å². The number of aryl methyl sites for hydroxylation is 1. The number of carbonyl (C=O) groups excluding carboxylic acids is 2. The van der Waals surface area contributed by atoms with E-state index in [-0.39, 0.29) is 24.6 Å². The van der Waals surface area contributed by atoms with Gasteiger partial charge < -0.3 is 15.0 Å². The number of hydrogen-bond donors (Lipinski definition) is 1. The number of piperidine rings is 2. The third kappa shape index (κ3) is 4.10. The Bertz CT molecular complexity index is 656. The zero-order valence-electron chi connectivity index (χ0n) is 15.8. The Kier molecular flexibility index (Phi) is 5.33. The lowest BCUT2D eigenvalue weighted by atomic mass is 9.92. The maximum Gasteiger partial charge on any atom is 0.410 e. The number of nitrogens with one attached hydrogen (secondary N) is 1. The Morgan fingerprint density at radius 2 is 2.19 bits per heavy atom. The van der Waals surface area contributed by atoms with Gasteiger partial charge in [0.05, 0.1) is 6.54 Å². The Morgan fingerprint density at radius 3 is 2.96 bits per heavy atom. The largest absolute Gasteiger partial charge is 0.441 e. The molecule has 1 N–H and O–H groups in total. The van der Waals surface area contributed by atoms with Crippen LogP contribution >= 0.6 is 0 Å². The van der Waals surface area contributed by atoms with Crippen molar-refractivity contribution in [1.82, 2.24) is 24.9 Å². The van der Waals surface area contributed by atoms with Crippen molar-refractivity contribution in [1.29, 1.82) is 0 Å². The van der Waals surface area contributed by atoms with E-state index < -0.39 is 5.60 Å². The van der Waals surface area contributed by atoms with Gasteiger partial charge in [0.1, 0.15) is 12.1 Å². The molecule has 0 radical (unpaired) electrons. The second-order valence-corrected chi connectivity index (χ2v) is 7.95. The smallest absolute Gasteiger partial charge is 0.410 e. The predicted molar refractivity (Wildman–Crippen MR) is 99.1 cm³/mol. The first-order valence-corrected chi connectivity index (χ1v) is 10.1. The van der Waals surface area contributed by atoms with E-state index in [0.717, 1.165) is 64.7 Å². The Morgan fingerprint density at radius 1 is 1.33 bits per heavy atom. The quantitative estimate of drug-likeness (QED) is 0.837. The molecule has 148 valence electrons. The van der Waals surface area contributed by atoms with E-state index in [1.54, 1.807) is 11.1 Å². The molecular formula is C19H29N5O3. The van der Waals surface area contributed by atoms with Crippen molar-refractivity contribution in [2.45, 2.75) is 56.7 Å². The maximum atomic E-state index is 13.0. The number of carbonyl (C=O) groups is 2. The van der Waals surface area contributed by atoms with Gasteiger partial charge in [0.2, 0.25) is 5.91 Å². The third-order valence-electron chi connectivity index (χ3n) is 6.08. The van der Waals surface area contributed by atoms with Gasteiger partial charge in [-0.3, -0.25) is 14.4 Å². The fourth-order valence-electron chi connectivity index (χ4n) is 4.55.